The van der Waals surface area contributed by atoms with Crippen molar-refractivity contribution in [1.82, 2.24) is 5.32 Å². The van der Waals surface area contributed by atoms with Crippen molar-refractivity contribution in [2.24, 2.45) is 0 Å². The van der Waals surface area contributed by atoms with Gasteiger partial charge < -0.3 is 10.1 Å². The van der Waals surface area contributed by atoms with Crippen LogP contribution in [0.15, 0.2) is 23.1 Å². The van der Waals surface area contributed by atoms with Crippen molar-refractivity contribution < 1.29 is 22.3 Å². The fourth-order valence-corrected chi connectivity index (χ4v) is 2.77. The van der Waals surface area contributed by atoms with Gasteiger partial charge >= 0.3 is 0 Å². The molecule has 2 rings (SSSR count). The molecule has 1 fully saturated rings. The van der Waals surface area contributed by atoms with Crippen molar-refractivity contribution in [2.45, 2.75) is 29.9 Å². The first-order valence-corrected chi connectivity index (χ1v) is 8.19. The summed E-state index contributed by atoms with van der Waals surface area (Å²) in [6.45, 7) is 0. The third-order valence-electron chi connectivity index (χ3n) is 3.18. The van der Waals surface area contributed by atoms with Crippen LogP contribution in [0.2, 0.25) is 0 Å². The van der Waals surface area contributed by atoms with Gasteiger partial charge in [-0.2, -0.15) is 0 Å². The van der Waals surface area contributed by atoms with E-state index in [9.17, 15) is 17.6 Å². The number of hydrogen-bond donors (Lipinski definition) is 1. The van der Waals surface area contributed by atoms with E-state index in [-0.39, 0.29) is 17.7 Å². The Morgan fingerprint density at radius 1 is 1.40 bits per heavy atom. The minimum Gasteiger partial charge on any atom is -0.381 e. The maximum atomic E-state index is 13.3. The molecule has 1 amide bonds. The fraction of sp³-hybridized carbons (Fsp3) is 0.417. The molecule has 0 radical (unpaired) electrons. The quantitative estimate of drug-likeness (QED) is 0.856. The Kier molecular flexibility index (Phi) is 4.31. The van der Waals surface area contributed by atoms with Crippen LogP contribution in [0.25, 0.3) is 0 Å². The molecule has 0 spiro atoms. The molecule has 1 aliphatic carbocycles. The average Bonchev–Trinajstić information content (AvgIpc) is 2.31. The van der Waals surface area contributed by atoms with Crippen LogP contribution in [0.4, 0.5) is 4.39 Å². The van der Waals surface area contributed by atoms with E-state index in [0.717, 1.165) is 18.2 Å². The van der Waals surface area contributed by atoms with Gasteiger partial charge in [-0.1, -0.05) is 0 Å². The molecule has 0 heterocycles. The van der Waals surface area contributed by atoms with Gasteiger partial charge in [-0.25, -0.2) is 12.8 Å². The van der Waals surface area contributed by atoms with Crippen LogP contribution in [0.5, 0.6) is 0 Å². The van der Waals surface area contributed by atoms with Crippen molar-refractivity contribution in [2.75, 3.05) is 7.11 Å². The number of amides is 1. The number of ether oxygens (including phenoxy) is 1. The molecule has 0 aliphatic heterocycles. The zero-order chi connectivity index (χ0) is 14.9. The summed E-state index contributed by atoms with van der Waals surface area (Å²) in [6, 6.07) is 2.73. The van der Waals surface area contributed by atoms with E-state index in [1.807, 2.05) is 0 Å². The SMILES string of the molecule is COC1CC(NC(=O)c2cc(F)cc(S(=O)(=O)Cl)c2)C1. The zero-order valence-corrected chi connectivity index (χ0v) is 12.2. The normalized spacial score (nSPS) is 22.1. The summed E-state index contributed by atoms with van der Waals surface area (Å²) in [5.74, 6) is -1.37. The second kappa shape index (κ2) is 5.67. The minimum absolute atomic E-state index is 0.0493. The Balaban J connectivity index is 2.12. The van der Waals surface area contributed by atoms with Gasteiger partial charge in [0.1, 0.15) is 5.82 Å². The van der Waals surface area contributed by atoms with E-state index in [0.29, 0.717) is 12.8 Å². The summed E-state index contributed by atoms with van der Waals surface area (Å²) in [7, 11) is 2.65. The number of halogens is 2. The van der Waals surface area contributed by atoms with Gasteiger partial charge in [-0.3, -0.25) is 4.79 Å². The number of carbonyl (C=O) groups is 1. The molecule has 0 unspecified atom stereocenters. The van der Waals surface area contributed by atoms with Gasteiger partial charge in [0, 0.05) is 29.4 Å². The zero-order valence-electron chi connectivity index (χ0n) is 10.6. The molecule has 1 aliphatic rings. The molecular weight excluding hydrogens is 309 g/mol. The van der Waals surface area contributed by atoms with Gasteiger partial charge in [0.05, 0.1) is 11.0 Å². The highest BCUT2D eigenvalue weighted by Crippen LogP contribution is 2.23. The Morgan fingerprint density at radius 2 is 2.05 bits per heavy atom. The van der Waals surface area contributed by atoms with E-state index < -0.39 is 25.7 Å². The van der Waals surface area contributed by atoms with Gasteiger partial charge in [0.2, 0.25) is 0 Å². The van der Waals surface area contributed by atoms with E-state index >= 15 is 0 Å². The first-order valence-electron chi connectivity index (χ1n) is 5.88. The highest BCUT2D eigenvalue weighted by molar-refractivity contribution is 8.13. The first kappa shape index (κ1) is 15.2. The molecule has 0 aromatic heterocycles. The van der Waals surface area contributed by atoms with Gasteiger partial charge in [-0.05, 0) is 31.0 Å². The van der Waals surface area contributed by atoms with Gasteiger partial charge in [0.15, 0.2) is 0 Å². The summed E-state index contributed by atoms with van der Waals surface area (Å²) in [6.07, 6.45) is 1.47. The number of methoxy groups -OCH3 is 1. The lowest BCUT2D eigenvalue weighted by Gasteiger charge is -2.34. The lowest BCUT2D eigenvalue weighted by Crippen LogP contribution is -2.47. The molecule has 5 nitrogen and oxygen atoms in total. The molecule has 0 saturated heterocycles. The number of rotatable bonds is 4. The average molecular weight is 322 g/mol. The smallest absolute Gasteiger partial charge is 0.261 e. The Bertz CT molecular complexity index is 628. The van der Waals surface area contributed by atoms with Crippen molar-refractivity contribution in [1.29, 1.82) is 0 Å². The van der Waals surface area contributed by atoms with E-state index in [2.05, 4.69) is 5.32 Å². The molecule has 8 heteroatoms. The maximum absolute atomic E-state index is 13.3. The Hall–Kier alpha value is -1.18. The van der Waals surface area contributed by atoms with Crippen LogP contribution in [-0.4, -0.2) is 33.6 Å². The second-order valence-corrected chi connectivity index (χ2v) is 7.18. The van der Waals surface area contributed by atoms with Gasteiger partial charge in [-0.15, -0.1) is 0 Å². The maximum Gasteiger partial charge on any atom is 0.261 e. The third-order valence-corrected chi connectivity index (χ3v) is 4.51. The molecule has 0 atom stereocenters. The fourth-order valence-electron chi connectivity index (χ4n) is 1.98. The second-order valence-electron chi connectivity index (χ2n) is 4.61. The van der Waals surface area contributed by atoms with Crippen molar-refractivity contribution in [3.05, 3.63) is 29.6 Å². The molecule has 0 bridgehead atoms. The summed E-state index contributed by atoms with van der Waals surface area (Å²) in [5.41, 5.74) is -0.0786. The lowest BCUT2D eigenvalue weighted by molar-refractivity contribution is 0.0176. The largest absolute Gasteiger partial charge is 0.381 e. The van der Waals surface area contributed by atoms with Crippen LogP contribution in [0.3, 0.4) is 0 Å². The predicted octanol–water partition coefficient (Wildman–Crippen LogP) is 1.66. The minimum atomic E-state index is -4.08. The van der Waals surface area contributed by atoms with Crippen LogP contribution >= 0.6 is 10.7 Å². The molecule has 1 saturated carbocycles. The van der Waals surface area contributed by atoms with Crippen molar-refractivity contribution in [3.63, 3.8) is 0 Å². The Labute approximate surface area is 120 Å². The van der Waals surface area contributed by atoms with E-state index in [1.54, 1.807) is 7.11 Å². The molecule has 110 valence electrons. The molecule has 1 aromatic rings. The summed E-state index contributed by atoms with van der Waals surface area (Å²) >= 11 is 0. The Morgan fingerprint density at radius 3 is 2.60 bits per heavy atom. The van der Waals surface area contributed by atoms with Crippen LogP contribution in [0.1, 0.15) is 23.2 Å². The number of benzene rings is 1. The van der Waals surface area contributed by atoms with E-state index in [4.69, 9.17) is 15.4 Å². The predicted molar refractivity (Wildman–Crippen MR) is 70.7 cm³/mol. The third kappa shape index (κ3) is 3.47. The standard InChI is InChI=1S/C12H13ClFNO4S/c1-19-10-5-9(6-10)15-12(16)7-2-8(14)4-11(3-7)20(13,17)18/h2-4,9-10H,5-6H2,1H3,(H,15,16). The first-order chi connectivity index (χ1) is 9.29. The molecule has 20 heavy (non-hydrogen) atoms. The highest BCUT2D eigenvalue weighted by atomic mass is 35.7. The van der Waals surface area contributed by atoms with Crippen molar-refractivity contribution >= 4 is 25.6 Å². The van der Waals surface area contributed by atoms with Crippen molar-refractivity contribution in [3.8, 4) is 0 Å². The number of nitrogens with one attached hydrogen (secondary N) is 1. The van der Waals surface area contributed by atoms with Crippen LogP contribution in [0, 0.1) is 5.82 Å². The summed E-state index contributed by atoms with van der Waals surface area (Å²) < 4.78 is 40.8. The molecular formula is C12H13ClFNO4S. The number of carbonyl (C=O) groups excluding carboxylic acids is 1. The summed E-state index contributed by atoms with van der Waals surface area (Å²) in [4.78, 5) is 11.5. The topological polar surface area (TPSA) is 72.5 Å². The monoisotopic (exact) mass is 321 g/mol. The van der Waals surface area contributed by atoms with Gasteiger partial charge in [0.25, 0.3) is 15.0 Å². The number of hydrogen-bond acceptors (Lipinski definition) is 4. The highest BCUT2D eigenvalue weighted by Gasteiger charge is 2.30. The van der Waals surface area contributed by atoms with Crippen LogP contribution in [-0.2, 0) is 13.8 Å². The van der Waals surface area contributed by atoms with Crippen LogP contribution < -0.4 is 5.32 Å². The summed E-state index contributed by atoms with van der Waals surface area (Å²) in [5, 5.41) is 2.68. The molecule has 1 aromatic carbocycles. The lowest BCUT2D eigenvalue weighted by atomic mass is 9.89. The molecule has 1 N–H and O–H groups in total. The van der Waals surface area contributed by atoms with E-state index in [1.165, 1.54) is 0 Å².